The van der Waals surface area contributed by atoms with Gasteiger partial charge >= 0.3 is 0 Å². The van der Waals surface area contributed by atoms with Gasteiger partial charge in [0.25, 0.3) is 0 Å². The molecule has 0 radical (unpaired) electrons. The number of nitrogens with zero attached hydrogens (tertiary/aromatic N) is 5. The summed E-state index contributed by atoms with van der Waals surface area (Å²) in [7, 11) is 1.73. The Morgan fingerprint density at radius 2 is 2.21 bits per heavy atom. The molecule has 0 atom stereocenters. The van der Waals surface area contributed by atoms with Gasteiger partial charge in [-0.05, 0) is 13.2 Å². The van der Waals surface area contributed by atoms with Crippen molar-refractivity contribution in [1.82, 2.24) is 19.7 Å². The molecule has 0 N–H and O–H groups in total. The summed E-state index contributed by atoms with van der Waals surface area (Å²) in [4.78, 5) is 21.2. The lowest BCUT2D eigenvalue weighted by Gasteiger charge is -2.12. The summed E-state index contributed by atoms with van der Waals surface area (Å²) in [6.45, 7) is 3.39. The first kappa shape index (κ1) is 13.5. The molecule has 0 aliphatic heterocycles. The first-order chi connectivity index (χ1) is 9.04. The fraction of sp³-hybridized carbons (Fsp3) is 0.333. The van der Waals surface area contributed by atoms with Crippen molar-refractivity contribution in [2.75, 3.05) is 18.2 Å². The van der Waals surface area contributed by atoms with Crippen molar-refractivity contribution >= 4 is 23.4 Å². The van der Waals surface area contributed by atoms with Crippen molar-refractivity contribution in [3.05, 3.63) is 24.4 Å². The predicted octanol–water partition coefficient (Wildman–Crippen LogP) is 1.68. The van der Waals surface area contributed by atoms with Crippen LogP contribution in [-0.2, 0) is 4.79 Å². The lowest BCUT2D eigenvalue weighted by Crippen LogP contribution is -2.23. The Morgan fingerprint density at radius 3 is 2.84 bits per heavy atom. The Hall–Kier alpha value is -1.89. The molecule has 7 heteroatoms. The third kappa shape index (κ3) is 2.60. The van der Waals surface area contributed by atoms with Crippen LogP contribution in [0.1, 0.15) is 12.6 Å². The maximum Gasteiger partial charge on any atom is 0.223 e. The largest absolute Gasteiger partial charge is 0.313 e. The second-order valence-corrected chi connectivity index (χ2v) is 4.83. The standard InChI is InChI=1S/C12H15N5OS/c1-8-11(16(3)9(2)18)6-17(15-8)10-5-13-7-14-12(10)19-4/h5-7H,1-4H3. The minimum absolute atomic E-state index is 0.0305. The van der Waals surface area contributed by atoms with Crippen LogP contribution in [0.2, 0.25) is 0 Å². The van der Waals surface area contributed by atoms with E-state index in [2.05, 4.69) is 15.1 Å². The van der Waals surface area contributed by atoms with Gasteiger partial charge in [-0.2, -0.15) is 5.10 Å². The first-order valence-corrected chi connectivity index (χ1v) is 6.92. The first-order valence-electron chi connectivity index (χ1n) is 5.69. The minimum Gasteiger partial charge on any atom is -0.313 e. The van der Waals surface area contributed by atoms with E-state index in [1.165, 1.54) is 25.0 Å². The molecule has 6 nitrogen and oxygen atoms in total. The maximum atomic E-state index is 11.4. The molecule has 0 aliphatic rings. The molecule has 2 aromatic rings. The van der Waals surface area contributed by atoms with Gasteiger partial charge in [0.1, 0.15) is 17.0 Å². The molecule has 0 saturated heterocycles. The molecular weight excluding hydrogens is 262 g/mol. The highest BCUT2D eigenvalue weighted by Gasteiger charge is 2.15. The van der Waals surface area contributed by atoms with E-state index in [0.29, 0.717) is 0 Å². The highest BCUT2D eigenvalue weighted by atomic mass is 32.2. The van der Waals surface area contributed by atoms with Gasteiger partial charge in [-0.15, -0.1) is 11.8 Å². The van der Waals surface area contributed by atoms with Crippen LogP contribution in [0.25, 0.3) is 5.69 Å². The van der Waals surface area contributed by atoms with E-state index in [4.69, 9.17) is 0 Å². The van der Waals surface area contributed by atoms with Crippen molar-refractivity contribution in [2.45, 2.75) is 18.9 Å². The lowest BCUT2D eigenvalue weighted by atomic mass is 10.3. The number of hydrogen-bond donors (Lipinski definition) is 0. The molecule has 0 saturated carbocycles. The third-order valence-corrected chi connectivity index (χ3v) is 3.51. The number of thioether (sulfide) groups is 1. The quantitative estimate of drug-likeness (QED) is 0.631. The van der Waals surface area contributed by atoms with Crippen LogP contribution in [0.15, 0.2) is 23.7 Å². The fourth-order valence-corrected chi connectivity index (χ4v) is 2.21. The van der Waals surface area contributed by atoms with E-state index in [1.807, 2.05) is 19.4 Å². The summed E-state index contributed by atoms with van der Waals surface area (Å²) < 4.78 is 1.70. The molecule has 0 aliphatic carbocycles. The number of rotatable bonds is 3. The highest BCUT2D eigenvalue weighted by molar-refractivity contribution is 7.98. The molecule has 1 amide bonds. The van der Waals surface area contributed by atoms with Gasteiger partial charge in [-0.1, -0.05) is 0 Å². The zero-order chi connectivity index (χ0) is 14.0. The SMILES string of the molecule is CSc1ncncc1-n1cc(N(C)C(C)=O)c(C)n1. The number of carbonyl (C=O) groups is 1. The van der Waals surface area contributed by atoms with Gasteiger partial charge in [0.05, 0.1) is 23.8 Å². The fourth-order valence-electron chi connectivity index (χ4n) is 1.70. The summed E-state index contributed by atoms with van der Waals surface area (Å²) in [5, 5.41) is 5.26. The number of amides is 1. The topological polar surface area (TPSA) is 63.9 Å². The Bertz CT molecular complexity index is 610. The highest BCUT2D eigenvalue weighted by Crippen LogP contribution is 2.24. The van der Waals surface area contributed by atoms with E-state index in [0.717, 1.165) is 22.1 Å². The van der Waals surface area contributed by atoms with Crippen molar-refractivity contribution < 1.29 is 4.79 Å². The molecule has 2 heterocycles. The lowest BCUT2D eigenvalue weighted by molar-refractivity contribution is -0.116. The van der Waals surface area contributed by atoms with Crippen molar-refractivity contribution in [1.29, 1.82) is 0 Å². The number of hydrogen-bond acceptors (Lipinski definition) is 5. The van der Waals surface area contributed by atoms with Crippen LogP contribution < -0.4 is 4.90 Å². The molecule has 2 aromatic heterocycles. The van der Waals surface area contributed by atoms with Crippen molar-refractivity contribution in [3.8, 4) is 5.69 Å². The van der Waals surface area contributed by atoms with Crippen LogP contribution >= 0.6 is 11.8 Å². The molecule has 0 bridgehead atoms. The van der Waals surface area contributed by atoms with Crippen LogP contribution in [0, 0.1) is 6.92 Å². The zero-order valence-corrected chi connectivity index (χ0v) is 12.1. The molecule has 0 fully saturated rings. The monoisotopic (exact) mass is 277 g/mol. The normalized spacial score (nSPS) is 10.5. The number of aryl methyl sites for hydroxylation is 1. The Balaban J connectivity index is 2.48. The van der Waals surface area contributed by atoms with E-state index >= 15 is 0 Å². The van der Waals surface area contributed by atoms with Crippen molar-refractivity contribution in [2.24, 2.45) is 0 Å². The number of aromatic nitrogens is 4. The van der Waals surface area contributed by atoms with Crippen LogP contribution in [-0.4, -0.2) is 39.0 Å². The molecule has 100 valence electrons. The van der Waals surface area contributed by atoms with E-state index in [1.54, 1.807) is 22.8 Å². The molecule has 2 rings (SSSR count). The molecule has 0 unspecified atom stereocenters. The summed E-state index contributed by atoms with van der Waals surface area (Å²) >= 11 is 1.53. The van der Waals surface area contributed by atoms with Crippen LogP contribution in [0.3, 0.4) is 0 Å². The smallest absolute Gasteiger partial charge is 0.223 e. The van der Waals surface area contributed by atoms with Gasteiger partial charge in [0.15, 0.2) is 0 Å². The average molecular weight is 277 g/mol. The van der Waals surface area contributed by atoms with Gasteiger partial charge in [-0.3, -0.25) is 4.79 Å². The number of carbonyl (C=O) groups excluding carboxylic acids is 1. The Kier molecular flexibility index (Phi) is 3.84. The van der Waals surface area contributed by atoms with Gasteiger partial charge in [0, 0.05) is 14.0 Å². The molecule has 0 spiro atoms. The van der Waals surface area contributed by atoms with E-state index < -0.39 is 0 Å². The summed E-state index contributed by atoms with van der Waals surface area (Å²) in [5.41, 5.74) is 2.37. The molecule has 19 heavy (non-hydrogen) atoms. The van der Waals surface area contributed by atoms with Gasteiger partial charge in [0.2, 0.25) is 5.91 Å². The Morgan fingerprint density at radius 1 is 1.47 bits per heavy atom. The van der Waals surface area contributed by atoms with Crippen molar-refractivity contribution in [3.63, 3.8) is 0 Å². The summed E-state index contributed by atoms with van der Waals surface area (Å²) in [5.74, 6) is -0.0305. The molecule has 0 aromatic carbocycles. The second kappa shape index (κ2) is 5.40. The van der Waals surface area contributed by atoms with Gasteiger partial charge in [-0.25, -0.2) is 14.6 Å². The predicted molar refractivity (Wildman–Crippen MR) is 74.8 cm³/mol. The Labute approximate surface area is 115 Å². The molecular formula is C12H15N5OS. The second-order valence-electron chi connectivity index (χ2n) is 4.04. The van der Waals surface area contributed by atoms with Crippen LogP contribution in [0.5, 0.6) is 0 Å². The zero-order valence-electron chi connectivity index (χ0n) is 11.3. The third-order valence-electron chi connectivity index (χ3n) is 2.80. The van der Waals surface area contributed by atoms with E-state index in [-0.39, 0.29) is 5.91 Å². The van der Waals surface area contributed by atoms with Crippen LogP contribution in [0.4, 0.5) is 5.69 Å². The summed E-state index contributed by atoms with van der Waals surface area (Å²) in [6, 6.07) is 0. The average Bonchev–Trinajstić information content (AvgIpc) is 2.79. The van der Waals surface area contributed by atoms with E-state index in [9.17, 15) is 4.79 Å². The van der Waals surface area contributed by atoms with Gasteiger partial charge < -0.3 is 4.90 Å². The maximum absolute atomic E-state index is 11.4. The summed E-state index contributed by atoms with van der Waals surface area (Å²) in [6.07, 6.45) is 6.98. The minimum atomic E-state index is -0.0305. The number of anilines is 1.